The number of hydrogen-bond acceptors (Lipinski definition) is 4. The molecule has 1 saturated heterocycles. The summed E-state index contributed by atoms with van der Waals surface area (Å²) in [6.45, 7) is 1.92. The fraction of sp³-hybridized carbons (Fsp3) is 1.00. The summed E-state index contributed by atoms with van der Waals surface area (Å²) in [5.41, 5.74) is 0. The first-order valence-electron chi connectivity index (χ1n) is 5.61. The van der Waals surface area contributed by atoms with Crippen molar-refractivity contribution in [1.82, 2.24) is 0 Å². The highest BCUT2D eigenvalue weighted by Gasteiger charge is 2.36. The Morgan fingerprint density at radius 3 is 2.50 bits per heavy atom. The van der Waals surface area contributed by atoms with Crippen LogP contribution in [0.25, 0.3) is 0 Å². The number of rotatable bonds is 6. The molecule has 4 nitrogen and oxygen atoms in total. The topological polar surface area (TPSA) is 52.6 Å². The van der Waals surface area contributed by atoms with Crippen LogP contribution < -0.4 is 0 Å². The Kier molecular flexibility index (Phi) is 4.48. The minimum atomic E-state index is -2.86. The highest BCUT2D eigenvalue weighted by atomic mass is 127. The Hall–Kier alpha value is 0.600. The Morgan fingerprint density at radius 1 is 1.19 bits per heavy atom. The van der Waals surface area contributed by atoms with Gasteiger partial charge in [0.05, 0.1) is 34.7 Å². The lowest BCUT2D eigenvalue weighted by Crippen LogP contribution is -2.24. The van der Waals surface area contributed by atoms with Crippen LogP contribution in [-0.4, -0.2) is 49.8 Å². The van der Waals surface area contributed by atoms with E-state index < -0.39 is 9.84 Å². The van der Waals surface area contributed by atoms with Gasteiger partial charge in [0.15, 0.2) is 9.84 Å². The van der Waals surface area contributed by atoms with Crippen LogP contribution in [0.5, 0.6) is 0 Å². The van der Waals surface area contributed by atoms with Crippen LogP contribution in [0.3, 0.4) is 0 Å². The van der Waals surface area contributed by atoms with E-state index in [-0.39, 0.29) is 21.5 Å². The van der Waals surface area contributed by atoms with Gasteiger partial charge in [0.1, 0.15) is 0 Å². The van der Waals surface area contributed by atoms with E-state index in [0.29, 0.717) is 13.2 Å². The van der Waals surface area contributed by atoms with Crippen molar-refractivity contribution in [3.8, 4) is 0 Å². The van der Waals surface area contributed by atoms with Gasteiger partial charge < -0.3 is 9.47 Å². The number of sulfone groups is 1. The molecule has 1 aliphatic carbocycles. The summed E-state index contributed by atoms with van der Waals surface area (Å²) in [5, 5.41) is 0. The predicted octanol–water partition coefficient (Wildman–Crippen LogP) is 1.03. The lowest BCUT2D eigenvalue weighted by molar-refractivity contribution is 0.0160. The second kappa shape index (κ2) is 5.49. The largest absolute Gasteiger partial charge is 0.379 e. The molecule has 0 bridgehead atoms. The summed E-state index contributed by atoms with van der Waals surface area (Å²) in [6, 6.07) is 0. The molecule has 0 N–H and O–H groups in total. The van der Waals surface area contributed by atoms with Gasteiger partial charge in [0.25, 0.3) is 0 Å². The SMILES string of the molecule is O=S1(=O)CC(I)C(OCCOCC2CC2)C1. The molecule has 1 aliphatic heterocycles. The average molecular weight is 360 g/mol. The fourth-order valence-corrected chi connectivity index (χ4v) is 5.83. The molecule has 0 radical (unpaired) electrons. The van der Waals surface area contributed by atoms with E-state index in [9.17, 15) is 8.42 Å². The molecule has 0 aromatic heterocycles. The monoisotopic (exact) mass is 360 g/mol. The molecule has 2 atom stereocenters. The van der Waals surface area contributed by atoms with Gasteiger partial charge >= 0.3 is 0 Å². The molecule has 2 rings (SSSR count). The summed E-state index contributed by atoms with van der Waals surface area (Å²) in [6.07, 6.45) is 2.44. The second-order valence-corrected chi connectivity index (χ2v) is 8.27. The van der Waals surface area contributed by atoms with Crippen molar-refractivity contribution in [2.24, 2.45) is 5.92 Å². The molecule has 0 spiro atoms. The van der Waals surface area contributed by atoms with E-state index in [4.69, 9.17) is 9.47 Å². The van der Waals surface area contributed by atoms with Crippen molar-refractivity contribution in [1.29, 1.82) is 0 Å². The van der Waals surface area contributed by atoms with Crippen molar-refractivity contribution in [2.75, 3.05) is 31.3 Å². The zero-order valence-corrected chi connectivity index (χ0v) is 12.1. The molecule has 94 valence electrons. The van der Waals surface area contributed by atoms with Crippen molar-refractivity contribution < 1.29 is 17.9 Å². The number of hydrogen-bond donors (Lipinski definition) is 0. The third kappa shape index (κ3) is 4.12. The van der Waals surface area contributed by atoms with Crippen LogP contribution in [0.1, 0.15) is 12.8 Å². The van der Waals surface area contributed by atoms with E-state index >= 15 is 0 Å². The number of halogens is 1. The van der Waals surface area contributed by atoms with Crippen LogP contribution in [0.15, 0.2) is 0 Å². The maximum Gasteiger partial charge on any atom is 0.154 e. The number of alkyl halides is 1. The summed E-state index contributed by atoms with van der Waals surface area (Å²) in [7, 11) is -2.86. The van der Waals surface area contributed by atoms with Crippen molar-refractivity contribution >= 4 is 32.4 Å². The first-order chi connectivity index (χ1) is 7.57. The van der Waals surface area contributed by atoms with Gasteiger partial charge in [-0.05, 0) is 18.8 Å². The van der Waals surface area contributed by atoms with E-state index in [0.717, 1.165) is 12.5 Å². The lowest BCUT2D eigenvalue weighted by atomic mass is 10.3. The highest BCUT2D eigenvalue weighted by Crippen LogP contribution is 2.28. The van der Waals surface area contributed by atoms with E-state index in [1.54, 1.807) is 0 Å². The van der Waals surface area contributed by atoms with E-state index in [1.165, 1.54) is 12.8 Å². The molecule has 2 unspecified atom stereocenters. The van der Waals surface area contributed by atoms with Gasteiger partial charge in [0, 0.05) is 6.61 Å². The Bertz CT molecular complexity index is 326. The van der Waals surface area contributed by atoms with E-state index in [1.807, 2.05) is 0 Å². The maximum atomic E-state index is 11.3. The quantitative estimate of drug-likeness (QED) is 0.403. The normalized spacial score (nSPS) is 33.1. The van der Waals surface area contributed by atoms with Crippen LogP contribution in [0.2, 0.25) is 0 Å². The molecule has 6 heteroatoms. The molecule has 16 heavy (non-hydrogen) atoms. The number of ether oxygens (including phenoxy) is 2. The zero-order valence-electron chi connectivity index (χ0n) is 9.10. The van der Waals surface area contributed by atoms with Gasteiger partial charge in [-0.3, -0.25) is 0 Å². The summed E-state index contributed by atoms with van der Waals surface area (Å²) >= 11 is 2.16. The van der Waals surface area contributed by atoms with Gasteiger partial charge in [-0.15, -0.1) is 0 Å². The molecule has 0 amide bonds. The van der Waals surface area contributed by atoms with Gasteiger partial charge in [-0.2, -0.15) is 0 Å². The van der Waals surface area contributed by atoms with Crippen molar-refractivity contribution in [3.05, 3.63) is 0 Å². The molecule has 1 saturated carbocycles. The molecular weight excluding hydrogens is 343 g/mol. The molecule has 0 aromatic carbocycles. The Labute approximate surface area is 110 Å². The van der Waals surface area contributed by atoms with E-state index in [2.05, 4.69) is 22.6 Å². The lowest BCUT2D eigenvalue weighted by Gasteiger charge is -2.13. The highest BCUT2D eigenvalue weighted by molar-refractivity contribution is 14.1. The van der Waals surface area contributed by atoms with Gasteiger partial charge in [0.2, 0.25) is 0 Å². The van der Waals surface area contributed by atoms with Gasteiger partial charge in [-0.1, -0.05) is 22.6 Å². The summed E-state index contributed by atoms with van der Waals surface area (Å²) in [5.74, 6) is 1.19. The standard InChI is InChI=1S/C10H17IO4S/c11-9-6-16(12,13)7-10(9)15-4-3-14-5-8-1-2-8/h8-10H,1-7H2. The zero-order chi connectivity index (χ0) is 11.6. The Morgan fingerprint density at radius 2 is 1.94 bits per heavy atom. The van der Waals surface area contributed by atoms with Crippen molar-refractivity contribution in [3.63, 3.8) is 0 Å². The molecule has 2 fully saturated rings. The first-order valence-corrected chi connectivity index (χ1v) is 8.67. The minimum Gasteiger partial charge on any atom is -0.379 e. The van der Waals surface area contributed by atoms with Crippen LogP contribution >= 0.6 is 22.6 Å². The maximum absolute atomic E-state index is 11.3. The van der Waals surface area contributed by atoms with Crippen molar-refractivity contribution in [2.45, 2.75) is 22.9 Å². The van der Waals surface area contributed by atoms with Crippen LogP contribution in [-0.2, 0) is 19.3 Å². The van der Waals surface area contributed by atoms with Gasteiger partial charge in [-0.25, -0.2) is 8.42 Å². The second-order valence-electron chi connectivity index (χ2n) is 4.52. The van der Waals surface area contributed by atoms with Crippen LogP contribution in [0.4, 0.5) is 0 Å². The fourth-order valence-electron chi connectivity index (χ4n) is 1.72. The smallest absolute Gasteiger partial charge is 0.154 e. The Balaban J connectivity index is 1.58. The third-order valence-electron chi connectivity index (χ3n) is 2.84. The van der Waals surface area contributed by atoms with Crippen LogP contribution in [0, 0.1) is 5.92 Å². The molecule has 0 aromatic rings. The first kappa shape index (κ1) is 13.0. The summed E-state index contributed by atoms with van der Waals surface area (Å²) in [4.78, 5) is 0. The minimum absolute atomic E-state index is 0.0889. The predicted molar refractivity (Wildman–Crippen MR) is 69.7 cm³/mol. The molecule has 1 heterocycles. The average Bonchev–Trinajstić information content (AvgIpc) is 2.94. The molecule has 2 aliphatic rings. The summed E-state index contributed by atoms with van der Waals surface area (Å²) < 4.78 is 33.7. The third-order valence-corrected chi connectivity index (χ3v) is 6.39. The molecular formula is C10H17IO4S.